The molecule has 13 heavy (non-hydrogen) atoms. The van der Waals surface area contributed by atoms with Crippen LogP contribution in [0.25, 0.3) is 5.69 Å². The van der Waals surface area contributed by atoms with Crippen LogP contribution >= 0.6 is 11.5 Å². The van der Waals surface area contributed by atoms with Crippen molar-refractivity contribution >= 4 is 24.2 Å². The monoisotopic (exact) mass is 208 g/mol. The molecule has 0 aliphatic rings. The van der Waals surface area contributed by atoms with Gasteiger partial charge in [-0.3, -0.25) is 0 Å². The van der Waals surface area contributed by atoms with Gasteiger partial charge >= 0.3 is 0 Å². The predicted octanol–water partition coefficient (Wildman–Crippen LogP) is 1.63. The van der Waals surface area contributed by atoms with Gasteiger partial charge in [-0.2, -0.15) is 11.5 Å². The third kappa shape index (κ3) is 1.55. The van der Waals surface area contributed by atoms with Crippen LogP contribution in [-0.4, -0.2) is 4.49 Å². The molecule has 1 aromatic heterocycles. The second-order valence-electron chi connectivity index (χ2n) is 2.69. The van der Waals surface area contributed by atoms with E-state index in [0.29, 0.717) is 0 Å². The molecule has 0 radical (unpaired) electrons. The van der Waals surface area contributed by atoms with E-state index in [9.17, 15) is 0 Å². The average Bonchev–Trinajstić information content (AvgIpc) is 2.49. The van der Waals surface area contributed by atoms with Crippen molar-refractivity contribution in [3.63, 3.8) is 0 Å². The Balaban J connectivity index is 2.53. The average molecular weight is 208 g/mol. The molecular weight excluding hydrogens is 200 g/mol. The molecule has 0 unspecified atom stereocenters. The fourth-order valence-corrected chi connectivity index (χ4v) is 1.88. The minimum absolute atomic E-state index is 0.851. The Bertz CT molecular complexity index is 409. The molecule has 0 spiro atoms. The molecule has 2 rings (SSSR count). The Hall–Kier alpha value is -1.00. The predicted molar refractivity (Wildman–Crippen MR) is 54.0 cm³/mol. The molecule has 2 nitrogen and oxygen atoms in total. The molecule has 4 heteroatoms. The highest BCUT2D eigenvalue weighted by Gasteiger charge is 2.11. The van der Waals surface area contributed by atoms with E-state index >= 15 is 0 Å². The number of aromatic nitrogens is 2. The molecule has 0 fully saturated rings. The summed E-state index contributed by atoms with van der Waals surface area (Å²) in [5, 5.41) is 0. The van der Waals surface area contributed by atoms with Crippen LogP contribution in [0.5, 0.6) is 0 Å². The van der Waals surface area contributed by atoms with Gasteiger partial charge in [0.25, 0.3) is 0 Å². The summed E-state index contributed by atoms with van der Waals surface area (Å²) >= 11 is 6.46. The molecule has 0 saturated carbocycles. The molecule has 0 aliphatic heterocycles. The number of rotatable bonds is 1. The fraction of sp³-hybridized carbons (Fsp3) is 0.111. The first kappa shape index (κ1) is 8.59. The van der Waals surface area contributed by atoms with E-state index in [1.165, 1.54) is 11.5 Å². The molecule has 0 saturated heterocycles. The van der Waals surface area contributed by atoms with Gasteiger partial charge in [0.2, 0.25) is 11.4 Å². The van der Waals surface area contributed by atoms with Gasteiger partial charge in [-0.1, -0.05) is 22.9 Å². The second kappa shape index (κ2) is 3.40. The van der Waals surface area contributed by atoms with E-state index in [-0.39, 0.29) is 0 Å². The summed E-state index contributed by atoms with van der Waals surface area (Å²) in [6.07, 6.45) is 0. The number of para-hydroxylation sites is 1. The summed E-state index contributed by atoms with van der Waals surface area (Å²) in [7, 11) is 0. The topological polar surface area (TPSA) is 16.8 Å². The smallest absolute Gasteiger partial charge is 0.237 e. The van der Waals surface area contributed by atoms with Crippen LogP contribution in [0.1, 0.15) is 5.69 Å². The molecule has 0 atom stereocenters. The van der Waals surface area contributed by atoms with Gasteiger partial charge < -0.3 is 12.6 Å². The van der Waals surface area contributed by atoms with E-state index in [1.54, 1.807) is 0 Å². The zero-order chi connectivity index (χ0) is 9.26. The molecular formula is C9H8N2S2. The Morgan fingerprint density at radius 1 is 1.31 bits per heavy atom. The highest BCUT2D eigenvalue weighted by Crippen LogP contribution is 2.08. The van der Waals surface area contributed by atoms with Crippen LogP contribution in [0.3, 0.4) is 0 Å². The molecule has 0 amide bonds. The number of hydrogen-bond acceptors (Lipinski definition) is 3. The molecule has 2 aromatic rings. The van der Waals surface area contributed by atoms with E-state index in [2.05, 4.69) is 4.49 Å². The summed E-state index contributed by atoms with van der Waals surface area (Å²) in [6, 6.07) is 10.00. The van der Waals surface area contributed by atoms with E-state index in [1.807, 2.05) is 41.9 Å². The van der Waals surface area contributed by atoms with Gasteiger partial charge in [0, 0.05) is 19.1 Å². The molecule has 0 bridgehead atoms. The Labute approximate surface area is 86.4 Å². The Morgan fingerprint density at radius 2 is 2.00 bits per heavy atom. The van der Waals surface area contributed by atoms with Crippen LogP contribution in [-0.2, 0) is 12.6 Å². The maximum absolute atomic E-state index is 5.11. The lowest BCUT2D eigenvalue weighted by Crippen LogP contribution is -2.34. The van der Waals surface area contributed by atoms with Crippen molar-refractivity contribution in [3.05, 3.63) is 36.0 Å². The third-order valence-corrected chi connectivity index (χ3v) is 3.04. The number of nitrogens with zero attached hydrogens (tertiary/aromatic N) is 2. The SMILES string of the molecule is Cc1c([S-])sn[n+]1-c1ccccc1. The standard InChI is InChI=1S/C9H8N2S2/c1-7-9(12)13-10-11(7)8-5-3-2-4-6-8/h2-6H,1H3. The van der Waals surface area contributed by atoms with Crippen LogP contribution in [0.4, 0.5) is 0 Å². The molecule has 1 aromatic carbocycles. The summed E-state index contributed by atoms with van der Waals surface area (Å²) in [4.78, 5) is 0. The molecule has 0 N–H and O–H groups in total. The van der Waals surface area contributed by atoms with Crippen LogP contribution in [0.2, 0.25) is 0 Å². The first-order valence-corrected chi connectivity index (χ1v) is 5.08. The largest absolute Gasteiger partial charge is 0.420 e. The quantitative estimate of drug-likeness (QED) is 0.523. The van der Waals surface area contributed by atoms with Gasteiger partial charge in [-0.25, -0.2) is 0 Å². The van der Waals surface area contributed by atoms with Crippen molar-refractivity contribution in [1.29, 1.82) is 0 Å². The first-order chi connectivity index (χ1) is 6.29. The molecule has 1 heterocycles. The maximum Gasteiger partial charge on any atom is 0.237 e. The van der Waals surface area contributed by atoms with Crippen LogP contribution in [0, 0.1) is 6.92 Å². The van der Waals surface area contributed by atoms with Crippen LogP contribution in [0.15, 0.2) is 34.5 Å². The highest BCUT2D eigenvalue weighted by molar-refractivity contribution is 7.62. The van der Waals surface area contributed by atoms with E-state index < -0.39 is 0 Å². The van der Waals surface area contributed by atoms with Crippen molar-refractivity contribution in [2.45, 2.75) is 11.1 Å². The van der Waals surface area contributed by atoms with Crippen molar-refractivity contribution in [2.24, 2.45) is 0 Å². The van der Waals surface area contributed by atoms with Gasteiger partial charge in [0.05, 0.1) is 0 Å². The van der Waals surface area contributed by atoms with Crippen molar-refractivity contribution in [3.8, 4) is 5.69 Å². The summed E-state index contributed by atoms with van der Waals surface area (Å²) in [5.74, 6) is 0. The van der Waals surface area contributed by atoms with Gasteiger partial charge in [0.1, 0.15) is 0 Å². The molecule has 66 valence electrons. The highest BCUT2D eigenvalue weighted by atomic mass is 32.2. The lowest BCUT2D eigenvalue weighted by atomic mass is 10.3. The Kier molecular flexibility index (Phi) is 2.24. The fourth-order valence-electron chi connectivity index (χ4n) is 1.10. The zero-order valence-corrected chi connectivity index (χ0v) is 8.73. The summed E-state index contributed by atoms with van der Waals surface area (Å²) in [5.41, 5.74) is 2.10. The summed E-state index contributed by atoms with van der Waals surface area (Å²) in [6.45, 7) is 1.98. The van der Waals surface area contributed by atoms with Crippen molar-refractivity contribution in [2.75, 3.05) is 0 Å². The lowest BCUT2D eigenvalue weighted by Gasteiger charge is -1.91. The second-order valence-corrected chi connectivity index (χ2v) is 4.11. The van der Waals surface area contributed by atoms with Crippen molar-refractivity contribution in [1.82, 2.24) is 4.49 Å². The minimum atomic E-state index is 0.851. The normalized spacial score (nSPS) is 10.2. The molecule has 0 aliphatic carbocycles. The summed E-state index contributed by atoms with van der Waals surface area (Å²) < 4.78 is 6.96. The van der Waals surface area contributed by atoms with Gasteiger partial charge in [-0.05, 0) is 8.70 Å². The van der Waals surface area contributed by atoms with Crippen LogP contribution < -0.4 is 4.68 Å². The number of benzene rings is 1. The van der Waals surface area contributed by atoms with E-state index in [0.717, 1.165) is 15.6 Å². The lowest BCUT2D eigenvalue weighted by molar-refractivity contribution is -0.658. The third-order valence-electron chi connectivity index (χ3n) is 1.82. The Morgan fingerprint density at radius 3 is 2.54 bits per heavy atom. The van der Waals surface area contributed by atoms with Gasteiger partial charge in [0.15, 0.2) is 0 Å². The van der Waals surface area contributed by atoms with Gasteiger partial charge in [-0.15, -0.1) is 0 Å². The van der Waals surface area contributed by atoms with Crippen molar-refractivity contribution < 1.29 is 4.68 Å². The maximum atomic E-state index is 5.11. The number of hydrogen-bond donors (Lipinski definition) is 0. The zero-order valence-electron chi connectivity index (χ0n) is 7.10. The first-order valence-electron chi connectivity index (χ1n) is 3.90. The van der Waals surface area contributed by atoms with E-state index in [4.69, 9.17) is 12.6 Å². The minimum Gasteiger partial charge on any atom is -0.420 e.